The van der Waals surface area contributed by atoms with E-state index in [1.165, 1.54) is 18.3 Å². The Bertz CT molecular complexity index is 573. The van der Waals surface area contributed by atoms with Gasteiger partial charge in [0.05, 0.1) is 6.20 Å². The van der Waals surface area contributed by atoms with E-state index in [1.54, 1.807) is 19.1 Å². The summed E-state index contributed by atoms with van der Waals surface area (Å²) in [7, 11) is 0. The molecule has 0 aliphatic carbocycles. The lowest BCUT2D eigenvalue weighted by atomic mass is 10.1. The minimum Gasteiger partial charge on any atom is -0.489 e. The average molecular weight is 264 g/mol. The summed E-state index contributed by atoms with van der Waals surface area (Å²) in [6, 6.07) is 5.43. The van der Waals surface area contributed by atoms with E-state index in [-0.39, 0.29) is 12.6 Å². The van der Waals surface area contributed by atoms with Crippen molar-refractivity contribution < 1.29 is 13.5 Å². The van der Waals surface area contributed by atoms with Crippen LogP contribution in [-0.2, 0) is 6.61 Å². The van der Waals surface area contributed by atoms with Gasteiger partial charge in [-0.3, -0.25) is 4.98 Å². The fourth-order valence-corrected chi connectivity index (χ4v) is 1.67. The predicted molar refractivity (Wildman–Crippen MR) is 67.5 cm³/mol. The molecule has 0 saturated heterocycles. The maximum atomic E-state index is 13.7. The number of hydrogen-bond acceptors (Lipinski definition) is 3. The molecule has 0 spiro atoms. The molecule has 0 saturated carbocycles. The van der Waals surface area contributed by atoms with Crippen molar-refractivity contribution in [2.24, 2.45) is 5.73 Å². The minimum atomic E-state index is -0.431. The molecule has 1 heterocycles. The second-order valence-electron chi connectivity index (χ2n) is 4.27. The molecule has 0 aliphatic rings. The van der Waals surface area contributed by atoms with Crippen LogP contribution in [0.25, 0.3) is 0 Å². The monoisotopic (exact) mass is 264 g/mol. The number of nitrogens with two attached hydrogens (primary N) is 1. The number of halogens is 2. The number of rotatable bonds is 4. The van der Waals surface area contributed by atoms with Gasteiger partial charge in [-0.2, -0.15) is 0 Å². The SMILES string of the molecule is C[C@H](N)c1ccc(OCc2cncc(F)c2)cc1F. The number of nitrogens with zero attached hydrogens (tertiary/aromatic N) is 1. The Morgan fingerprint density at radius 3 is 2.68 bits per heavy atom. The number of ether oxygens (including phenoxy) is 1. The third-order valence-corrected chi connectivity index (χ3v) is 2.63. The highest BCUT2D eigenvalue weighted by molar-refractivity contribution is 5.30. The van der Waals surface area contributed by atoms with Crippen molar-refractivity contribution in [2.45, 2.75) is 19.6 Å². The summed E-state index contributed by atoms with van der Waals surface area (Å²) in [4.78, 5) is 3.71. The molecule has 1 aromatic heterocycles. The van der Waals surface area contributed by atoms with E-state index in [0.29, 0.717) is 16.9 Å². The van der Waals surface area contributed by atoms with Gasteiger partial charge in [-0.15, -0.1) is 0 Å². The molecule has 0 bridgehead atoms. The maximum absolute atomic E-state index is 13.7. The molecule has 0 amide bonds. The zero-order chi connectivity index (χ0) is 13.8. The fraction of sp³-hybridized carbons (Fsp3) is 0.214. The second-order valence-corrected chi connectivity index (χ2v) is 4.27. The first-order valence-electron chi connectivity index (χ1n) is 5.83. The molecular formula is C14H14F2N2O. The Morgan fingerprint density at radius 1 is 1.26 bits per heavy atom. The summed E-state index contributed by atoms with van der Waals surface area (Å²) < 4.78 is 31.9. The highest BCUT2D eigenvalue weighted by Gasteiger charge is 2.08. The van der Waals surface area contributed by atoms with Crippen molar-refractivity contribution in [1.82, 2.24) is 4.98 Å². The van der Waals surface area contributed by atoms with E-state index >= 15 is 0 Å². The van der Waals surface area contributed by atoms with Crippen molar-refractivity contribution in [3.63, 3.8) is 0 Å². The third-order valence-electron chi connectivity index (χ3n) is 2.63. The summed E-state index contributed by atoms with van der Waals surface area (Å²) in [6.07, 6.45) is 2.61. The molecule has 1 atom stereocenters. The molecule has 5 heteroatoms. The smallest absolute Gasteiger partial charge is 0.141 e. The lowest BCUT2D eigenvalue weighted by Gasteiger charge is -2.10. The second kappa shape index (κ2) is 5.75. The zero-order valence-corrected chi connectivity index (χ0v) is 10.4. The van der Waals surface area contributed by atoms with Crippen LogP contribution >= 0.6 is 0 Å². The van der Waals surface area contributed by atoms with E-state index < -0.39 is 11.6 Å². The number of benzene rings is 1. The lowest BCUT2D eigenvalue weighted by molar-refractivity contribution is 0.303. The highest BCUT2D eigenvalue weighted by Crippen LogP contribution is 2.21. The molecule has 2 rings (SSSR count). The van der Waals surface area contributed by atoms with E-state index in [1.807, 2.05) is 0 Å². The summed E-state index contributed by atoms with van der Waals surface area (Å²) in [5.41, 5.74) is 6.63. The maximum Gasteiger partial charge on any atom is 0.141 e. The van der Waals surface area contributed by atoms with Gasteiger partial charge >= 0.3 is 0 Å². The molecule has 100 valence electrons. The van der Waals surface area contributed by atoms with Crippen molar-refractivity contribution in [2.75, 3.05) is 0 Å². The van der Waals surface area contributed by atoms with Crippen molar-refractivity contribution in [1.29, 1.82) is 0 Å². The standard InChI is InChI=1S/C14H14F2N2O/c1-9(17)13-3-2-12(5-14(13)16)19-8-10-4-11(15)7-18-6-10/h2-7,9H,8,17H2,1H3/t9-/m0/s1. The topological polar surface area (TPSA) is 48.1 Å². The Balaban J connectivity index is 2.06. The first kappa shape index (κ1) is 13.4. The molecule has 0 aliphatic heterocycles. The van der Waals surface area contributed by atoms with E-state index in [2.05, 4.69) is 4.98 Å². The van der Waals surface area contributed by atoms with Crippen LogP contribution in [0.5, 0.6) is 5.75 Å². The van der Waals surface area contributed by atoms with Crippen molar-refractivity contribution in [3.05, 3.63) is 59.4 Å². The first-order chi connectivity index (χ1) is 9.06. The summed E-state index contributed by atoms with van der Waals surface area (Å²) in [5, 5.41) is 0. The van der Waals surface area contributed by atoms with Crippen molar-refractivity contribution in [3.8, 4) is 5.75 Å². The van der Waals surface area contributed by atoms with Crippen molar-refractivity contribution >= 4 is 0 Å². The zero-order valence-electron chi connectivity index (χ0n) is 10.4. The largest absolute Gasteiger partial charge is 0.489 e. The molecular weight excluding hydrogens is 250 g/mol. The van der Waals surface area contributed by atoms with Gasteiger partial charge in [0, 0.05) is 29.4 Å². The van der Waals surface area contributed by atoms with Gasteiger partial charge in [0.2, 0.25) is 0 Å². The molecule has 1 aromatic carbocycles. The van der Waals surface area contributed by atoms with Gasteiger partial charge in [0.25, 0.3) is 0 Å². The van der Waals surface area contributed by atoms with Gasteiger partial charge in [0.1, 0.15) is 24.0 Å². The quantitative estimate of drug-likeness (QED) is 0.923. The molecule has 2 N–H and O–H groups in total. The Hall–Kier alpha value is -2.01. The summed E-state index contributed by atoms with van der Waals surface area (Å²) in [5.74, 6) is -0.476. The number of aromatic nitrogens is 1. The van der Waals surface area contributed by atoms with Gasteiger partial charge < -0.3 is 10.5 Å². The van der Waals surface area contributed by atoms with E-state index in [0.717, 1.165) is 6.20 Å². The number of pyridine rings is 1. The molecule has 3 nitrogen and oxygen atoms in total. The highest BCUT2D eigenvalue weighted by atomic mass is 19.1. The molecule has 19 heavy (non-hydrogen) atoms. The third kappa shape index (κ3) is 3.48. The predicted octanol–water partition coefficient (Wildman–Crippen LogP) is 2.96. The Morgan fingerprint density at radius 2 is 2.05 bits per heavy atom. The van der Waals surface area contributed by atoms with Crippen LogP contribution in [-0.4, -0.2) is 4.98 Å². The fourth-order valence-electron chi connectivity index (χ4n) is 1.67. The molecule has 0 fully saturated rings. The minimum absolute atomic E-state index is 0.127. The van der Waals surface area contributed by atoms with Crippen LogP contribution in [0.1, 0.15) is 24.1 Å². The lowest BCUT2D eigenvalue weighted by Crippen LogP contribution is -2.07. The Labute approximate surface area is 110 Å². The average Bonchev–Trinajstić information content (AvgIpc) is 2.36. The van der Waals surface area contributed by atoms with E-state index in [4.69, 9.17) is 10.5 Å². The normalized spacial score (nSPS) is 12.2. The van der Waals surface area contributed by atoms with Crippen LogP contribution in [0, 0.1) is 11.6 Å². The molecule has 0 radical (unpaired) electrons. The molecule has 0 unspecified atom stereocenters. The van der Waals surface area contributed by atoms with Gasteiger partial charge in [-0.05, 0) is 19.1 Å². The summed E-state index contributed by atoms with van der Waals surface area (Å²) >= 11 is 0. The van der Waals surface area contributed by atoms with Gasteiger partial charge in [-0.1, -0.05) is 6.07 Å². The van der Waals surface area contributed by atoms with Crippen LogP contribution < -0.4 is 10.5 Å². The first-order valence-corrected chi connectivity index (χ1v) is 5.83. The Kier molecular flexibility index (Phi) is 4.06. The van der Waals surface area contributed by atoms with Gasteiger partial charge in [-0.25, -0.2) is 8.78 Å². The van der Waals surface area contributed by atoms with Crippen LogP contribution in [0.4, 0.5) is 8.78 Å². The van der Waals surface area contributed by atoms with Crippen LogP contribution in [0.2, 0.25) is 0 Å². The van der Waals surface area contributed by atoms with E-state index in [9.17, 15) is 8.78 Å². The van der Waals surface area contributed by atoms with Crippen LogP contribution in [0.3, 0.4) is 0 Å². The number of hydrogen-bond donors (Lipinski definition) is 1. The van der Waals surface area contributed by atoms with Gasteiger partial charge in [0.15, 0.2) is 0 Å². The molecule has 2 aromatic rings. The summed E-state index contributed by atoms with van der Waals surface area (Å²) in [6.45, 7) is 1.83. The van der Waals surface area contributed by atoms with Crippen LogP contribution in [0.15, 0.2) is 36.7 Å².